The van der Waals surface area contributed by atoms with Crippen LogP contribution >= 0.6 is 0 Å². The molecule has 0 saturated heterocycles. The maximum absolute atomic E-state index is 9.41. The third-order valence-electron chi connectivity index (χ3n) is 4.16. The Hall–Kier alpha value is -0.0800. The molecule has 0 aromatic heterocycles. The molecule has 0 radical (unpaired) electrons. The third-order valence-corrected chi connectivity index (χ3v) is 4.16. The Bertz CT molecular complexity index is 195. The van der Waals surface area contributed by atoms with E-state index in [0.717, 1.165) is 0 Å². The highest BCUT2D eigenvalue weighted by molar-refractivity contribution is 4.86. The van der Waals surface area contributed by atoms with E-state index >= 15 is 0 Å². The first-order chi connectivity index (χ1) is 7.93. The van der Waals surface area contributed by atoms with Crippen molar-refractivity contribution >= 4 is 0 Å². The summed E-state index contributed by atoms with van der Waals surface area (Å²) in [4.78, 5) is 0. The van der Waals surface area contributed by atoms with Crippen LogP contribution in [0.1, 0.15) is 53.9 Å². The summed E-state index contributed by atoms with van der Waals surface area (Å²) in [6, 6.07) is 0. The molecule has 2 nitrogen and oxygen atoms in total. The van der Waals surface area contributed by atoms with E-state index in [1.54, 1.807) is 6.92 Å². The topological polar surface area (TPSA) is 29.5 Å². The summed E-state index contributed by atoms with van der Waals surface area (Å²) in [7, 11) is 0. The van der Waals surface area contributed by atoms with Gasteiger partial charge in [-0.25, -0.2) is 0 Å². The van der Waals surface area contributed by atoms with Crippen molar-refractivity contribution < 1.29 is 9.84 Å². The van der Waals surface area contributed by atoms with Crippen molar-refractivity contribution in [1.29, 1.82) is 0 Å². The van der Waals surface area contributed by atoms with Gasteiger partial charge in [0.2, 0.25) is 0 Å². The van der Waals surface area contributed by atoms with E-state index in [-0.39, 0.29) is 6.10 Å². The number of aliphatic hydroxyl groups is 1. The Labute approximate surface area is 107 Å². The van der Waals surface area contributed by atoms with Crippen molar-refractivity contribution in [3.05, 3.63) is 0 Å². The van der Waals surface area contributed by atoms with Crippen LogP contribution in [0, 0.1) is 23.7 Å². The van der Waals surface area contributed by atoms with Gasteiger partial charge in [-0.05, 0) is 43.4 Å². The van der Waals surface area contributed by atoms with Crippen LogP contribution in [-0.2, 0) is 4.74 Å². The molecular formula is C15H30O2. The standard InChI is InChI=1S/C15H30O2/c1-10(2)13-7-6-8-14(11(3)4)15(13)17-9-12(5)16/h10-16H,6-9H2,1-5H3. The van der Waals surface area contributed by atoms with Crippen molar-refractivity contribution in [2.24, 2.45) is 23.7 Å². The fourth-order valence-electron chi connectivity index (χ4n) is 3.16. The summed E-state index contributed by atoms with van der Waals surface area (Å²) in [6.45, 7) is 11.5. The smallest absolute Gasteiger partial charge is 0.0745 e. The zero-order chi connectivity index (χ0) is 13.0. The largest absolute Gasteiger partial charge is 0.391 e. The van der Waals surface area contributed by atoms with Crippen LogP contribution in [0.2, 0.25) is 0 Å². The highest BCUT2D eigenvalue weighted by atomic mass is 16.5. The first-order valence-electron chi connectivity index (χ1n) is 7.23. The van der Waals surface area contributed by atoms with Gasteiger partial charge >= 0.3 is 0 Å². The molecule has 3 atom stereocenters. The maximum Gasteiger partial charge on any atom is 0.0745 e. The van der Waals surface area contributed by atoms with Crippen LogP contribution in [0.15, 0.2) is 0 Å². The van der Waals surface area contributed by atoms with Crippen LogP contribution in [0.4, 0.5) is 0 Å². The van der Waals surface area contributed by atoms with Crippen molar-refractivity contribution in [3.8, 4) is 0 Å². The van der Waals surface area contributed by atoms with Gasteiger partial charge in [-0.3, -0.25) is 0 Å². The molecule has 1 N–H and O–H groups in total. The minimum atomic E-state index is -0.349. The van der Waals surface area contributed by atoms with Gasteiger partial charge in [0.1, 0.15) is 0 Å². The van der Waals surface area contributed by atoms with Crippen LogP contribution in [0.3, 0.4) is 0 Å². The second-order valence-corrected chi connectivity index (χ2v) is 6.39. The maximum atomic E-state index is 9.41. The summed E-state index contributed by atoms with van der Waals surface area (Å²) in [5, 5.41) is 9.41. The average molecular weight is 242 g/mol. The Morgan fingerprint density at radius 1 is 1.00 bits per heavy atom. The lowest BCUT2D eigenvalue weighted by molar-refractivity contribution is -0.0951. The third kappa shape index (κ3) is 4.26. The Morgan fingerprint density at radius 2 is 1.47 bits per heavy atom. The van der Waals surface area contributed by atoms with Gasteiger partial charge in [0, 0.05) is 0 Å². The molecule has 0 heterocycles. The average Bonchev–Trinajstić information content (AvgIpc) is 2.25. The molecule has 0 aromatic carbocycles. The number of hydrogen-bond donors (Lipinski definition) is 1. The van der Waals surface area contributed by atoms with Gasteiger partial charge in [-0.2, -0.15) is 0 Å². The molecule has 1 fully saturated rings. The van der Waals surface area contributed by atoms with Gasteiger partial charge < -0.3 is 9.84 Å². The van der Waals surface area contributed by atoms with E-state index < -0.39 is 0 Å². The van der Waals surface area contributed by atoms with E-state index in [1.807, 2.05) is 0 Å². The first-order valence-corrected chi connectivity index (χ1v) is 7.23. The predicted molar refractivity (Wildman–Crippen MR) is 71.9 cm³/mol. The summed E-state index contributed by atoms with van der Waals surface area (Å²) in [6.07, 6.45) is 3.90. The van der Waals surface area contributed by atoms with E-state index in [0.29, 0.717) is 36.4 Å². The first kappa shape index (κ1) is 15.0. The Kier molecular flexibility index (Phi) is 5.94. The van der Waals surface area contributed by atoms with E-state index in [1.165, 1.54) is 19.3 Å². The molecule has 102 valence electrons. The van der Waals surface area contributed by atoms with E-state index in [2.05, 4.69) is 27.7 Å². The SMILES string of the molecule is CC(O)COC1C(C(C)C)CCCC1C(C)C. The Balaban J connectivity index is 2.69. The van der Waals surface area contributed by atoms with Gasteiger partial charge in [0.25, 0.3) is 0 Å². The minimum Gasteiger partial charge on any atom is -0.391 e. The summed E-state index contributed by atoms with van der Waals surface area (Å²) >= 11 is 0. The van der Waals surface area contributed by atoms with E-state index in [9.17, 15) is 5.11 Å². The molecular weight excluding hydrogens is 212 g/mol. The van der Waals surface area contributed by atoms with Gasteiger partial charge in [-0.15, -0.1) is 0 Å². The van der Waals surface area contributed by atoms with Crippen LogP contribution < -0.4 is 0 Å². The fourth-order valence-corrected chi connectivity index (χ4v) is 3.16. The second-order valence-electron chi connectivity index (χ2n) is 6.39. The summed E-state index contributed by atoms with van der Waals surface area (Å²) in [5.41, 5.74) is 0. The zero-order valence-corrected chi connectivity index (χ0v) is 12.1. The molecule has 1 saturated carbocycles. The molecule has 0 aliphatic heterocycles. The molecule has 17 heavy (non-hydrogen) atoms. The van der Waals surface area contributed by atoms with Crippen LogP contribution in [0.5, 0.6) is 0 Å². The fraction of sp³-hybridized carbons (Fsp3) is 1.00. The summed E-state index contributed by atoms with van der Waals surface area (Å²) in [5.74, 6) is 2.68. The van der Waals surface area contributed by atoms with E-state index in [4.69, 9.17) is 4.74 Å². The molecule has 0 spiro atoms. The van der Waals surface area contributed by atoms with Crippen molar-refractivity contribution in [1.82, 2.24) is 0 Å². The highest BCUT2D eigenvalue weighted by Crippen LogP contribution is 2.39. The second kappa shape index (κ2) is 6.75. The quantitative estimate of drug-likeness (QED) is 0.800. The lowest BCUT2D eigenvalue weighted by Crippen LogP contribution is -2.41. The Morgan fingerprint density at radius 3 is 1.82 bits per heavy atom. The normalized spacial score (nSPS) is 32.1. The molecule has 0 amide bonds. The lowest BCUT2D eigenvalue weighted by Gasteiger charge is -2.42. The van der Waals surface area contributed by atoms with Crippen molar-refractivity contribution in [2.75, 3.05) is 6.61 Å². The number of aliphatic hydroxyl groups excluding tert-OH is 1. The molecule has 0 bridgehead atoms. The van der Waals surface area contributed by atoms with Crippen LogP contribution in [-0.4, -0.2) is 23.9 Å². The molecule has 0 aromatic rings. The van der Waals surface area contributed by atoms with Gasteiger partial charge in [0.05, 0.1) is 18.8 Å². The predicted octanol–water partition coefficient (Wildman–Crippen LogP) is 3.48. The molecule has 1 aliphatic rings. The summed E-state index contributed by atoms with van der Waals surface area (Å²) < 4.78 is 6.04. The molecule has 1 rings (SSSR count). The van der Waals surface area contributed by atoms with Gasteiger partial charge in [-0.1, -0.05) is 34.1 Å². The monoisotopic (exact) mass is 242 g/mol. The van der Waals surface area contributed by atoms with Gasteiger partial charge in [0.15, 0.2) is 0 Å². The number of hydrogen-bond acceptors (Lipinski definition) is 2. The van der Waals surface area contributed by atoms with Crippen molar-refractivity contribution in [3.63, 3.8) is 0 Å². The minimum absolute atomic E-state index is 0.346. The van der Waals surface area contributed by atoms with Crippen LogP contribution in [0.25, 0.3) is 0 Å². The lowest BCUT2D eigenvalue weighted by atomic mass is 9.70. The molecule has 1 aliphatic carbocycles. The van der Waals surface area contributed by atoms with Crippen molar-refractivity contribution in [2.45, 2.75) is 66.1 Å². The molecule has 2 heteroatoms. The number of rotatable bonds is 5. The number of ether oxygens (including phenoxy) is 1. The zero-order valence-electron chi connectivity index (χ0n) is 12.1. The molecule has 3 unspecified atom stereocenters. The highest BCUT2D eigenvalue weighted by Gasteiger charge is 2.37.